The normalized spacial score (nSPS) is 11.9. The van der Waals surface area contributed by atoms with Gasteiger partial charge >= 0.3 is 0 Å². The van der Waals surface area contributed by atoms with E-state index in [9.17, 15) is 0 Å². The third-order valence-electron chi connectivity index (χ3n) is 8.84. The van der Waals surface area contributed by atoms with Gasteiger partial charge in [-0.3, -0.25) is 9.88 Å². The first-order chi connectivity index (χ1) is 22.8. The van der Waals surface area contributed by atoms with Gasteiger partial charge in [0.25, 0.3) is 0 Å². The Morgan fingerprint density at radius 2 is 1.17 bits per heavy atom. The fourth-order valence-corrected chi connectivity index (χ4v) is 6.66. The zero-order valence-corrected chi connectivity index (χ0v) is 24.9. The number of para-hydroxylation sites is 3. The molecule has 0 unspecified atom stereocenters. The number of fused-ring (bicyclic) bond motifs is 4. The maximum Gasteiger partial charge on any atom is 0.148 e. The van der Waals surface area contributed by atoms with Crippen LogP contribution in [0.25, 0.3) is 55.2 Å². The Morgan fingerprint density at radius 3 is 2.00 bits per heavy atom. The molecule has 1 aliphatic rings. The quantitative estimate of drug-likeness (QED) is 0.203. The molecule has 8 aromatic rings. The predicted octanol–water partition coefficient (Wildman–Crippen LogP) is 11.3. The number of rotatable bonds is 5. The van der Waals surface area contributed by atoms with Gasteiger partial charge in [0.05, 0.1) is 22.3 Å². The minimum Gasteiger partial charge on any atom is -0.355 e. The van der Waals surface area contributed by atoms with Gasteiger partial charge in [-0.25, -0.2) is 4.98 Å². The summed E-state index contributed by atoms with van der Waals surface area (Å²) in [5.41, 5.74) is 12.0. The summed E-state index contributed by atoms with van der Waals surface area (Å²) >= 11 is 0. The van der Waals surface area contributed by atoms with Crippen LogP contribution in [0.4, 0.5) is 28.6 Å². The molecule has 0 saturated heterocycles. The zero-order chi connectivity index (χ0) is 30.5. The fraction of sp³-hybridized carbons (Fsp3) is 0. The van der Waals surface area contributed by atoms with Crippen LogP contribution in [0.15, 0.2) is 164 Å². The van der Waals surface area contributed by atoms with E-state index >= 15 is 0 Å². The smallest absolute Gasteiger partial charge is 0.148 e. The molecule has 0 atom stereocenters. The van der Waals surface area contributed by atoms with Crippen LogP contribution in [0.2, 0.25) is 0 Å². The van der Waals surface area contributed by atoms with Crippen LogP contribution in [0, 0.1) is 0 Å². The Hall–Kier alpha value is -6.26. The summed E-state index contributed by atoms with van der Waals surface area (Å²) in [7, 11) is 0. The Labute approximate surface area is 267 Å². The number of anilines is 5. The van der Waals surface area contributed by atoms with Gasteiger partial charge in [-0.05, 0) is 70.6 Å². The first-order valence-electron chi connectivity index (χ1n) is 15.5. The van der Waals surface area contributed by atoms with E-state index in [2.05, 4.69) is 162 Å². The molecule has 1 aliphatic heterocycles. The van der Waals surface area contributed by atoms with E-state index in [-0.39, 0.29) is 0 Å². The van der Waals surface area contributed by atoms with Crippen LogP contribution in [-0.4, -0.2) is 9.97 Å². The summed E-state index contributed by atoms with van der Waals surface area (Å²) in [5, 5.41) is 7.02. The Bertz CT molecular complexity index is 2380. The molecule has 216 valence electrons. The summed E-state index contributed by atoms with van der Waals surface area (Å²) in [6.07, 6.45) is 1.91. The molecule has 6 aromatic carbocycles. The number of nitrogens with zero attached hydrogens (tertiary/aromatic N) is 3. The molecule has 0 radical (unpaired) electrons. The minimum atomic E-state index is 0.912. The van der Waals surface area contributed by atoms with E-state index in [0.717, 1.165) is 67.2 Å². The van der Waals surface area contributed by atoms with Crippen molar-refractivity contribution in [2.75, 3.05) is 10.2 Å². The molecule has 46 heavy (non-hydrogen) atoms. The lowest BCUT2D eigenvalue weighted by atomic mass is 9.95. The van der Waals surface area contributed by atoms with Gasteiger partial charge in [0.1, 0.15) is 5.82 Å². The summed E-state index contributed by atoms with van der Waals surface area (Å²) in [6, 6.07) is 55.3. The third kappa shape index (κ3) is 4.31. The molecule has 1 N–H and O–H groups in total. The van der Waals surface area contributed by atoms with Crippen molar-refractivity contribution in [3.05, 3.63) is 164 Å². The maximum atomic E-state index is 5.22. The second-order valence-electron chi connectivity index (χ2n) is 11.5. The molecule has 0 amide bonds. The molecule has 3 heterocycles. The number of hydrogen-bond acceptors (Lipinski definition) is 4. The number of nitrogens with one attached hydrogen (secondary N) is 1. The van der Waals surface area contributed by atoms with Gasteiger partial charge < -0.3 is 5.32 Å². The van der Waals surface area contributed by atoms with E-state index in [0.29, 0.717) is 0 Å². The van der Waals surface area contributed by atoms with E-state index in [1.54, 1.807) is 0 Å². The highest BCUT2D eigenvalue weighted by Crippen LogP contribution is 2.50. The Balaban J connectivity index is 1.06. The van der Waals surface area contributed by atoms with Crippen molar-refractivity contribution >= 4 is 50.2 Å². The second kappa shape index (κ2) is 10.7. The lowest BCUT2D eigenvalue weighted by molar-refractivity contribution is 1.20. The van der Waals surface area contributed by atoms with Crippen molar-refractivity contribution in [2.45, 2.75) is 0 Å². The van der Waals surface area contributed by atoms with Crippen LogP contribution in [-0.2, 0) is 0 Å². The molecule has 0 aliphatic carbocycles. The van der Waals surface area contributed by atoms with Crippen molar-refractivity contribution in [3.8, 4) is 33.5 Å². The second-order valence-corrected chi connectivity index (χ2v) is 11.5. The van der Waals surface area contributed by atoms with Crippen LogP contribution in [0.3, 0.4) is 0 Å². The first-order valence-corrected chi connectivity index (χ1v) is 15.5. The molecule has 0 bridgehead atoms. The molecule has 4 heteroatoms. The fourth-order valence-electron chi connectivity index (χ4n) is 6.66. The average molecular weight is 589 g/mol. The topological polar surface area (TPSA) is 41.0 Å². The molecular weight excluding hydrogens is 560 g/mol. The van der Waals surface area contributed by atoms with Gasteiger partial charge in [0, 0.05) is 39.8 Å². The molecular formula is C42H28N4. The van der Waals surface area contributed by atoms with Gasteiger partial charge in [0.15, 0.2) is 0 Å². The highest BCUT2D eigenvalue weighted by Gasteiger charge is 2.28. The van der Waals surface area contributed by atoms with Crippen LogP contribution in [0.1, 0.15) is 0 Å². The van der Waals surface area contributed by atoms with Crippen LogP contribution in [0.5, 0.6) is 0 Å². The van der Waals surface area contributed by atoms with Crippen LogP contribution >= 0.6 is 0 Å². The molecule has 4 nitrogen and oxygen atoms in total. The van der Waals surface area contributed by atoms with E-state index in [1.807, 2.05) is 12.3 Å². The number of aromatic nitrogens is 2. The van der Waals surface area contributed by atoms with Gasteiger partial charge in [0.2, 0.25) is 0 Å². The molecule has 0 saturated carbocycles. The predicted molar refractivity (Wildman–Crippen MR) is 191 cm³/mol. The number of hydrogen-bond donors (Lipinski definition) is 1. The third-order valence-corrected chi connectivity index (χ3v) is 8.84. The van der Waals surface area contributed by atoms with Crippen molar-refractivity contribution < 1.29 is 0 Å². The molecule has 0 fully saturated rings. The van der Waals surface area contributed by atoms with Crippen molar-refractivity contribution in [1.82, 2.24) is 9.97 Å². The van der Waals surface area contributed by atoms with E-state index in [4.69, 9.17) is 9.97 Å². The van der Waals surface area contributed by atoms with E-state index in [1.165, 1.54) is 16.5 Å². The molecule has 2 aromatic heterocycles. The number of benzene rings is 6. The van der Waals surface area contributed by atoms with E-state index < -0.39 is 0 Å². The first kappa shape index (κ1) is 26.2. The minimum absolute atomic E-state index is 0.912. The summed E-state index contributed by atoms with van der Waals surface area (Å²) in [4.78, 5) is 12.3. The van der Waals surface area contributed by atoms with Gasteiger partial charge in [-0.15, -0.1) is 0 Å². The summed E-state index contributed by atoms with van der Waals surface area (Å²) < 4.78 is 0. The standard InChI is InChI=1S/C42H28N4/c1-2-10-30(11-3-1)33-12-4-7-15-37(33)44-31-22-18-28(19-23-31)29-20-24-32(25-21-29)46-39-17-9-6-14-36(39)41-40-35(26-27-43-41)34-13-5-8-16-38(34)45-42(40)46/h1-27,44H. The van der Waals surface area contributed by atoms with Gasteiger partial charge in [-0.2, -0.15) is 0 Å². The average Bonchev–Trinajstić information content (AvgIpc) is 3.13. The van der Waals surface area contributed by atoms with Crippen molar-refractivity contribution in [2.24, 2.45) is 0 Å². The molecule has 9 rings (SSSR count). The van der Waals surface area contributed by atoms with Crippen LogP contribution < -0.4 is 10.2 Å². The number of pyridine rings is 2. The lowest BCUT2D eigenvalue weighted by Gasteiger charge is -2.32. The summed E-state index contributed by atoms with van der Waals surface area (Å²) in [6.45, 7) is 0. The SMILES string of the molecule is c1ccc(-c2ccccc2Nc2ccc(-c3ccc(N4c5ccccc5-c5nccc6c5c4nc4ccccc46)cc3)cc2)cc1. The highest BCUT2D eigenvalue weighted by molar-refractivity contribution is 6.19. The highest BCUT2D eigenvalue weighted by atomic mass is 15.2. The van der Waals surface area contributed by atoms with Crippen molar-refractivity contribution in [1.29, 1.82) is 0 Å². The van der Waals surface area contributed by atoms with Gasteiger partial charge in [-0.1, -0.05) is 109 Å². The monoisotopic (exact) mass is 588 g/mol. The Kier molecular flexibility index (Phi) is 6.10. The molecule has 0 spiro atoms. The van der Waals surface area contributed by atoms with Crippen molar-refractivity contribution in [3.63, 3.8) is 0 Å². The maximum absolute atomic E-state index is 5.22. The largest absolute Gasteiger partial charge is 0.355 e. The lowest BCUT2D eigenvalue weighted by Crippen LogP contribution is -2.17. The zero-order valence-electron chi connectivity index (χ0n) is 24.9. The summed E-state index contributed by atoms with van der Waals surface area (Å²) in [5.74, 6) is 0.912. The Morgan fingerprint density at radius 1 is 0.500 bits per heavy atom.